The van der Waals surface area contributed by atoms with E-state index in [1.165, 1.54) is 42.5 Å². The Balaban J connectivity index is 1.74. The number of carbonyl (C=O) groups excluding carboxylic acids is 2. The zero-order valence-electron chi connectivity index (χ0n) is 16.6. The quantitative estimate of drug-likeness (QED) is 0.390. The van der Waals surface area contributed by atoms with Crippen LogP contribution in [0, 0.1) is 17.1 Å². The highest BCUT2D eigenvalue weighted by atomic mass is 35.5. The number of nitriles is 1. The third kappa shape index (κ3) is 6.42. The van der Waals surface area contributed by atoms with Crippen LogP contribution in [0.3, 0.4) is 0 Å². The molecule has 6 nitrogen and oxygen atoms in total. The minimum absolute atomic E-state index is 0.227. The van der Waals surface area contributed by atoms with Crippen molar-refractivity contribution in [2.24, 2.45) is 0 Å². The average Bonchev–Trinajstić information content (AvgIpc) is 2.79. The lowest BCUT2D eigenvalue weighted by atomic mass is 10.1. The lowest BCUT2D eigenvalue weighted by Crippen LogP contribution is -2.20. The second kappa shape index (κ2) is 10.8. The van der Waals surface area contributed by atoms with E-state index in [-0.39, 0.29) is 23.8 Å². The molecule has 3 aromatic carbocycles. The van der Waals surface area contributed by atoms with Gasteiger partial charge in [-0.25, -0.2) is 4.39 Å². The van der Waals surface area contributed by atoms with Crippen molar-refractivity contribution in [2.45, 2.75) is 0 Å². The number of benzene rings is 3. The summed E-state index contributed by atoms with van der Waals surface area (Å²) in [5.41, 5.74) is 1.07. The normalized spacial score (nSPS) is 10.7. The van der Waals surface area contributed by atoms with Crippen LogP contribution in [0.25, 0.3) is 6.08 Å². The van der Waals surface area contributed by atoms with Crippen molar-refractivity contribution in [1.29, 1.82) is 5.26 Å². The number of halogens is 2. The predicted molar refractivity (Wildman–Crippen MR) is 121 cm³/mol. The van der Waals surface area contributed by atoms with Gasteiger partial charge in [0.05, 0.1) is 0 Å². The molecular weight excluding hydrogens is 433 g/mol. The molecule has 160 valence electrons. The first kappa shape index (κ1) is 22.5. The first-order valence-electron chi connectivity index (χ1n) is 9.40. The SMILES string of the molecule is N#C/C(=C\c1cc(Cl)ccc1OCC(=O)Nc1ccccc1)C(=O)Nc1ccc(F)cc1. The van der Waals surface area contributed by atoms with E-state index in [1.807, 2.05) is 12.1 Å². The molecule has 0 aliphatic heterocycles. The van der Waals surface area contributed by atoms with Gasteiger partial charge >= 0.3 is 0 Å². The second-order valence-corrected chi connectivity index (χ2v) is 6.95. The number of amides is 2. The van der Waals surface area contributed by atoms with Crippen LogP contribution in [0.1, 0.15) is 5.56 Å². The summed E-state index contributed by atoms with van der Waals surface area (Å²) in [4.78, 5) is 24.6. The minimum atomic E-state index is -0.688. The molecule has 2 N–H and O–H groups in total. The van der Waals surface area contributed by atoms with Crippen LogP contribution >= 0.6 is 11.6 Å². The van der Waals surface area contributed by atoms with Crippen LogP contribution in [0.2, 0.25) is 5.02 Å². The summed E-state index contributed by atoms with van der Waals surface area (Å²) in [7, 11) is 0. The molecular formula is C24H17ClFN3O3. The van der Waals surface area contributed by atoms with Gasteiger partial charge in [-0.1, -0.05) is 29.8 Å². The Labute approximate surface area is 188 Å². The van der Waals surface area contributed by atoms with Crippen molar-refractivity contribution in [3.8, 4) is 11.8 Å². The largest absolute Gasteiger partial charge is 0.483 e. The van der Waals surface area contributed by atoms with E-state index in [2.05, 4.69) is 10.6 Å². The fraction of sp³-hybridized carbons (Fsp3) is 0.0417. The van der Waals surface area contributed by atoms with Crippen LogP contribution in [-0.4, -0.2) is 18.4 Å². The minimum Gasteiger partial charge on any atom is -0.483 e. The van der Waals surface area contributed by atoms with Crippen molar-refractivity contribution in [3.05, 3.63) is 94.8 Å². The van der Waals surface area contributed by atoms with Crippen molar-refractivity contribution in [1.82, 2.24) is 0 Å². The van der Waals surface area contributed by atoms with Crippen LogP contribution in [0.15, 0.2) is 78.4 Å². The lowest BCUT2D eigenvalue weighted by Gasteiger charge is -2.11. The number of carbonyl (C=O) groups is 2. The maximum absolute atomic E-state index is 13.0. The summed E-state index contributed by atoms with van der Waals surface area (Å²) in [6.45, 7) is -0.291. The van der Waals surface area contributed by atoms with E-state index in [0.717, 1.165) is 0 Å². The second-order valence-electron chi connectivity index (χ2n) is 6.52. The van der Waals surface area contributed by atoms with Gasteiger partial charge in [-0.15, -0.1) is 0 Å². The molecule has 0 aromatic heterocycles. The molecule has 0 aliphatic rings. The van der Waals surface area contributed by atoms with E-state index in [0.29, 0.717) is 22.0 Å². The summed E-state index contributed by atoms with van der Waals surface area (Å²) < 4.78 is 18.6. The summed E-state index contributed by atoms with van der Waals surface area (Å²) in [6.07, 6.45) is 1.30. The molecule has 0 radical (unpaired) electrons. The number of hydrogen-bond donors (Lipinski definition) is 2. The van der Waals surface area contributed by atoms with Gasteiger partial charge < -0.3 is 15.4 Å². The van der Waals surface area contributed by atoms with Crippen molar-refractivity contribution < 1.29 is 18.7 Å². The number of anilines is 2. The molecule has 0 bridgehead atoms. The molecule has 0 spiro atoms. The highest BCUT2D eigenvalue weighted by molar-refractivity contribution is 6.30. The van der Waals surface area contributed by atoms with Crippen LogP contribution in [-0.2, 0) is 9.59 Å². The van der Waals surface area contributed by atoms with Crippen molar-refractivity contribution in [3.63, 3.8) is 0 Å². The zero-order valence-corrected chi connectivity index (χ0v) is 17.4. The van der Waals surface area contributed by atoms with E-state index >= 15 is 0 Å². The van der Waals surface area contributed by atoms with Gasteiger partial charge in [0.1, 0.15) is 23.2 Å². The van der Waals surface area contributed by atoms with Gasteiger partial charge in [-0.3, -0.25) is 9.59 Å². The van der Waals surface area contributed by atoms with Gasteiger partial charge in [0.25, 0.3) is 11.8 Å². The standard InChI is InChI=1S/C24H17ClFN3O3/c25-18-6-11-22(32-15-23(30)28-20-4-2-1-3-5-20)16(13-18)12-17(14-27)24(31)29-21-9-7-19(26)8-10-21/h1-13H,15H2,(H,28,30)(H,29,31)/b17-12+. The maximum Gasteiger partial charge on any atom is 0.266 e. The van der Waals surface area contributed by atoms with E-state index in [1.54, 1.807) is 30.3 Å². The van der Waals surface area contributed by atoms with Gasteiger partial charge in [0, 0.05) is 22.0 Å². The Kier molecular flexibility index (Phi) is 7.57. The maximum atomic E-state index is 13.0. The molecule has 0 aliphatic carbocycles. The molecule has 2 amide bonds. The molecule has 0 saturated heterocycles. The van der Waals surface area contributed by atoms with Crippen LogP contribution in [0.4, 0.5) is 15.8 Å². The number of hydrogen-bond acceptors (Lipinski definition) is 4. The summed E-state index contributed by atoms with van der Waals surface area (Å²) >= 11 is 6.05. The molecule has 0 saturated carbocycles. The number of ether oxygens (including phenoxy) is 1. The average molecular weight is 450 g/mol. The van der Waals surface area contributed by atoms with Crippen molar-refractivity contribution in [2.75, 3.05) is 17.2 Å². The first-order valence-corrected chi connectivity index (χ1v) is 9.78. The molecule has 0 heterocycles. The van der Waals surface area contributed by atoms with Gasteiger partial charge in [-0.2, -0.15) is 5.26 Å². The zero-order chi connectivity index (χ0) is 22.9. The molecule has 8 heteroatoms. The smallest absolute Gasteiger partial charge is 0.266 e. The Morgan fingerprint density at radius 2 is 1.69 bits per heavy atom. The number of nitrogens with zero attached hydrogens (tertiary/aromatic N) is 1. The molecule has 0 atom stereocenters. The third-order valence-corrected chi connectivity index (χ3v) is 4.39. The fourth-order valence-electron chi connectivity index (χ4n) is 2.66. The molecule has 3 aromatic rings. The van der Waals surface area contributed by atoms with Gasteiger partial charge in [0.15, 0.2) is 6.61 Å². The Bertz CT molecular complexity index is 1190. The van der Waals surface area contributed by atoms with E-state index in [9.17, 15) is 19.2 Å². The number of para-hydroxylation sites is 1. The molecule has 32 heavy (non-hydrogen) atoms. The van der Waals surface area contributed by atoms with Crippen LogP contribution < -0.4 is 15.4 Å². The number of nitrogens with one attached hydrogen (secondary N) is 2. The Morgan fingerprint density at radius 3 is 2.38 bits per heavy atom. The van der Waals surface area contributed by atoms with Gasteiger partial charge in [-0.05, 0) is 60.7 Å². The van der Waals surface area contributed by atoms with E-state index < -0.39 is 11.7 Å². The Hall–Kier alpha value is -4.15. The van der Waals surface area contributed by atoms with Gasteiger partial charge in [0.2, 0.25) is 0 Å². The predicted octanol–water partition coefficient (Wildman–Crippen LogP) is 5.04. The highest BCUT2D eigenvalue weighted by Crippen LogP contribution is 2.26. The fourth-order valence-corrected chi connectivity index (χ4v) is 2.84. The topological polar surface area (TPSA) is 91.2 Å². The van der Waals surface area contributed by atoms with Crippen molar-refractivity contribution >= 4 is 40.9 Å². The molecule has 0 fully saturated rings. The van der Waals surface area contributed by atoms with Crippen LogP contribution in [0.5, 0.6) is 5.75 Å². The Morgan fingerprint density at radius 1 is 1.00 bits per heavy atom. The third-order valence-electron chi connectivity index (χ3n) is 4.16. The summed E-state index contributed by atoms with van der Waals surface area (Å²) in [5.74, 6) is -1.25. The van der Waals surface area contributed by atoms with E-state index in [4.69, 9.17) is 16.3 Å². The molecule has 3 rings (SSSR count). The highest BCUT2D eigenvalue weighted by Gasteiger charge is 2.13. The summed E-state index contributed by atoms with van der Waals surface area (Å²) in [5, 5.41) is 15.0. The monoisotopic (exact) mass is 449 g/mol. The number of rotatable bonds is 7. The lowest BCUT2D eigenvalue weighted by molar-refractivity contribution is -0.118. The summed E-state index contributed by atoms with van der Waals surface area (Å²) in [6, 6.07) is 20.5. The first-order chi connectivity index (χ1) is 15.4. The molecule has 0 unspecified atom stereocenters.